The minimum Gasteiger partial charge on any atom is -0.478 e. The summed E-state index contributed by atoms with van der Waals surface area (Å²) in [5.41, 5.74) is 4.15. The quantitative estimate of drug-likeness (QED) is 0.257. The van der Waals surface area contributed by atoms with Crippen molar-refractivity contribution >= 4 is 5.97 Å². The number of ether oxygens (including phenoxy) is 2. The van der Waals surface area contributed by atoms with Gasteiger partial charge in [0.25, 0.3) is 0 Å². The van der Waals surface area contributed by atoms with E-state index in [-0.39, 0.29) is 28.9 Å². The van der Waals surface area contributed by atoms with Gasteiger partial charge in [-0.2, -0.15) is 0 Å². The van der Waals surface area contributed by atoms with E-state index in [1.54, 1.807) is 25.1 Å². The molecular weight excluding hydrogens is 481 g/mol. The lowest BCUT2D eigenvalue weighted by Gasteiger charge is -2.29. The van der Waals surface area contributed by atoms with Gasteiger partial charge in [-0.05, 0) is 100 Å². The minimum absolute atomic E-state index is 0.166. The first-order valence-electron chi connectivity index (χ1n) is 13.1. The first kappa shape index (κ1) is 29.3. The predicted molar refractivity (Wildman–Crippen MR) is 150 cm³/mol. The molecule has 0 radical (unpaired) electrons. The molecule has 3 aromatic carbocycles. The molecule has 2 atom stereocenters. The van der Waals surface area contributed by atoms with E-state index in [1.807, 2.05) is 57.2 Å². The Labute approximate surface area is 226 Å². The van der Waals surface area contributed by atoms with Crippen molar-refractivity contribution in [3.8, 4) is 11.5 Å². The maximum Gasteiger partial charge on any atom is 0.335 e. The Hall–Kier alpha value is -3.22. The minimum atomic E-state index is -0.957. The van der Waals surface area contributed by atoms with Crippen molar-refractivity contribution < 1.29 is 23.8 Å². The summed E-state index contributed by atoms with van der Waals surface area (Å²) in [4.78, 5) is 11.4. The SMILES string of the molecule is Cc1ccc(CC(C)(C)NC[C@@H](C)COC(C)c2ccccc2Oc2c(C)cc(C(=O)O)cc2C)cc1F. The molecule has 38 heavy (non-hydrogen) atoms. The second-order valence-electron chi connectivity index (χ2n) is 11.0. The highest BCUT2D eigenvalue weighted by Gasteiger charge is 2.21. The van der Waals surface area contributed by atoms with Crippen molar-refractivity contribution in [3.63, 3.8) is 0 Å². The zero-order valence-corrected chi connectivity index (χ0v) is 23.5. The van der Waals surface area contributed by atoms with Crippen molar-refractivity contribution in [3.05, 3.63) is 93.8 Å². The van der Waals surface area contributed by atoms with Crippen molar-refractivity contribution in [2.75, 3.05) is 13.2 Å². The fourth-order valence-electron chi connectivity index (χ4n) is 4.48. The highest BCUT2D eigenvalue weighted by Crippen LogP contribution is 2.35. The Balaban J connectivity index is 1.59. The Morgan fingerprint density at radius 1 is 1.00 bits per heavy atom. The van der Waals surface area contributed by atoms with Gasteiger partial charge >= 0.3 is 5.97 Å². The molecule has 0 fully saturated rings. The van der Waals surface area contributed by atoms with E-state index in [1.165, 1.54) is 0 Å². The van der Waals surface area contributed by atoms with Gasteiger partial charge in [-0.15, -0.1) is 0 Å². The van der Waals surface area contributed by atoms with Gasteiger partial charge in [-0.3, -0.25) is 0 Å². The van der Waals surface area contributed by atoms with Crippen LogP contribution >= 0.6 is 0 Å². The van der Waals surface area contributed by atoms with Crippen LogP contribution in [0.4, 0.5) is 4.39 Å². The number of rotatable bonds is 12. The lowest BCUT2D eigenvalue weighted by Crippen LogP contribution is -2.44. The average molecular weight is 522 g/mol. The molecule has 0 aliphatic carbocycles. The van der Waals surface area contributed by atoms with Gasteiger partial charge in [0.05, 0.1) is 18.3 Å². The van der Waals surface area contributed by atoms with E-state index in [4.69, 9.17) is 9.47 Å². The fourth-order valence-corrected chi connectivity index (χ4v) is 4.48. The van der Waals surface area contributed by atoms with Crippen LogP contribution in [-0.4, -0.2) is 29.8 Å². The number of carbonyl (C=O) groups is 1. The van der Waals surface area contributed by atoms with Crippen LogP contribution in [0.1, 0.15) is 72.0 Å². The van der Waals surface area contributed by atoms with E-state index in [2.05, 4.69) is 26.1 Å². The molecule has 0 saturated heterocycles. The molecule has 1 unspecified atom stereocenters. The van der Waals surface area contributed by atoms with Crippen LogP contribution in [0.25, 0.3) is 0 Å². The third kappa shape index (κ3) is 7.89. The lowest BCUT2D eigenvalue weighted by molar-refractivity contribution is 0.0407. The zero-order chi connectivity index (χ0) is 28.0. The summed E-state index contributed by atoms with van der Waals surface area (Å²) in [6.45, 7) is 15.2. The summed E-state index contributed by atoms with van der Waals surface area (Å²) in [5, 5.41) is 12.9. The lowest BCUT2D eigenvalue weighted by atomic mass is 9.93. The van der Waals surface area contributed by atoms with Crippen LogP contribution in [0, 0.1) is 32.5 Å². The third-order valence-electron chi connectivity index (χ3n) is 6.72. The first-order valence-corrected chi connectivity index (χ1v) is 13.1. The monoisotopic (exact) mass is 521 g/mol. The maximum atomic E-state index is 14.0. The molecule has 0 bridgehead atoms. The number of aryl methyl sites for hydroxylation is 3. The van der Waals surface area contributed by atoms with Crippen LogP contribution < -0.4 is 10.1 Å². The summed E-state index contributed by atoms with van der Waals surface area (Å²) < 4.78 is 26.5. The average Bonchev–Trinajstić information content (AvgIpc) is 2.85. The molecule has 0 heterocycles. The molecule has 0 aromatic heterocycles. The third-order valence-corrected chi connectivity index (χ3v) is 6.72. The topological polar surface area (TPSA) is 67.8 Å². The fraction of sp³-hybridized carbons (Fsp3) is 0.406. The van der Waals surface area contributed by atoms with E-state index in [0.29, 0.717) is 23.7 Å². The molecule has 6 heteroatoms. The molecule has 2 N–H and O–H groups in total. The first-order chi connectivity index (χ1) is 17.9. The number of para-hydroxylation sites is 1. The number of carboxylic acid groups (broad SMARTS) is 1. The summed E-state index contributed by atoms with van der Waals surface area (Å²) in [5.74, 6) is 0.476. The summed E-state index contributed by atoms with van der Waals surface area (Å²) in [7, 11) is 0. The highest BCUT2D eigenvalue weighted by atomic mass is 19.1. The van der Waals surface area contributed by atoms with Crippen LogP contribution in [0.15, 0.2) is 54.6 Å². The van der Waals surface area contributed by atoms with Crippen molar-refractivity contribution in [2.24, 2.45) is 5.92 Å². The number of halogens is 1. The van der Waals surface area contributed by atoms with Crippen LogP contribution in [0.3, 0.4) is 0 Å². The second kappa shape index (κ2) is 12.5. The predicted octanol–water partition coefficient (Wildman–Crippen LogP) is 7.57. The summed E-state index contributed by atoms with van der Waals surface area (Å²) >= 11 is 0. The molecular formula is C32H40FNO4. The number of benzene rings is 3. The number of hydrogen-bond acceptors (Lipinski definition) is 4. The van der Waals surface area contributed by atoms with Gasteiger partial charge in [0.15, 0.2) is 0 Å². The summed E-state index contributed by atoms with van der Waals surface area (Å²) in [6, 6.07) is 16.4. The zero-order valence-electron chi connectivity index (χ0n) is 23.5. The van der Waals surface area contributed by atoms with E-state index in [9.17, 15) is 14.3 Å². The molecule has 0 saturated carbocycles. The highest BCUT2D eigenvalue weighted by molar-refractivity contribution is 5.88. The molecule has 3 rings (SSSR count). The Kier molecular flexibility index (Phi) is 9.69. The molecule has 0 aliphatic heterocycles. The number of aromatic carboxylic acids is 1. The number of nitrogens with one attached hydrogen (secondary N) is 1. The smallest absolute Gasteiger partial charge is 0.335 e. The van der Waals surface area contributed by atoms with Crippen LogP contribution in [0.2, 0.25) is 0 Å². The van der Waals surface area contributed by atoms with Crippen LogP contribution in [0.5, 0.6) is 11.5 Å². The van der Waals surface area contributed by atoms with Crippen molar-refractivity contribution in [2.45, 2.75) is 66.5 Å². The molecule has 0 spiro atoms. The van der Waals surface area contributed by atoms with Gasteiger partial charge in [0.1, 0.15) is 17.3 Å². The van der Waals surface area contributed by atoms with E-state index in [0.717, 1.165) is 35.2 Å². The Morgan fingerprint density at radius 3 is 2.29 bits per heavy atom. The van der Waals surface area contributed by atoms with Gasteiger partial charge in [-0.1, -0.05) is 37.3 Å². The van der Waals surface area contributed by atoms with Gasteiger partial charge in [-0.25, -0.2) is 9.18 Å². The molecule has 0 amide bonds. The van der Waals surface area contributed by atoms with Gasteiger partial charge in [0.2, 0.25) is 0 Å². The maximum absolute atomic E-state index is 14.0. The molecule has 3 aromatic rings. The number of hydrogen-bond donors (Lipinski definition) is 2. The second-order valence-corrected chi connectivity index (χ2v) is 11.0. The molecule has 5 nitrogen and oxygen atoms in total. The Morgan fingerprint density at radius 2 is 1.66 bits per heavy atom. The van der Waals surface area contributed by atoms with E-state index < -0.39 is 5.97 Å². The summed E-state index contributed by atoms with van der Waals surface area (Å²) in [6.07, 6.45) is 0.529. The molecule has 0 aliphatic rings. The largest absolute Gasteiger partial charge is 0.478 e. The van der Waals surface area contributed by atoms with Gasteiger partial charge in [0, 0.05) is 17.6 Å². The van der Waals surface area contributed by atoms with E-state index >= 15 is 0 Å². The number of carboxylic acids is 1. The normalized spacial score (nSPS) is 13.3. The standard InChI is InChI=1S/C32H40FNO4/c1-20(18-34-32(6,7)17-25-13-12-21(2)28(33)16-25)19-37-24(5)27-10-8-9-11-29(27)38-30-22(3)14-26(31(35)36)15-23(30)4/h8-16,20,24,34H,17-19H2,1-7H3,(H,35,36)/t20-,24?/m1/s1. The molecule has 204 valence electrons. The van der Waals surface area contributed by atoms with Crippen molar-refractivity contribution in [1.29, 1.82) is 0 Å². The van der Waals surface area contributed by atoms with Crippen LogP contribution in [-0.2, 0) is 11.2 Å². The Bertz CT molecular complexity index is 1250. The van der Waals surface area contributed by atoms with Gasteiger partial charge < -0.3 is 19.9 Å². The van der Waals surface area contributed by atoms with Crippen molar-refractivity contribution in [1.82, 2.24) is 5.32 Å².